The Balaban J connectivity index is 2.13. The van der Waals surface area contributed by atoms with Gasteiger partial charge >= 0.3 is 0 Å². The fourth-order valence-electron chi connectivity index (χ4n) is 2.60. The first-order valence-electron chi connectivity index (χ1n) is 6.73. The molecule has 0 aromatic heterocycles. The van der Waals surface area contributed by atoms with Gasteiger partial charge in [-0.05, 0) is 23.2 Å². The summed E-state index contributed by atoms with van der Waals surface area (Å²) in [5, 5.41) is 6.25. The van der Waals surface area contributed by atoms with Crippen molar-refractivity contribution >= 4 is 17.4 Å². The highest BCUT2D eigenvalue weighted by molar-refractivity contribution is 6.27. The maximum atomic E-state index is 12.8. The van der Waals surface area contributed by atoms with Crippen molar-refractivity contribution in [3.8, 4) is 0 Å². The third kappa shape index (κ3) is 2.12. The lowest BCUT2D eigenvalue weighted by Crippen LogP contribution is -2.53. The van der Waals surface area contributed by atoms with Gasteiger partial charge in [-0.2, -0.15) is 0 Å². The van der Waals surface area contributed by atoms with Gasteiger partial charge in [0.05, 0.1) is 5.69 Å². The van der Waals surface area contributed by atoms with Crippen LogP contribution >= 0.6 is 0 Å². The number of Topliss-reactive ketones (excluding diaryl/α,β-unsaturated/α-hetero) is 1. The maximum Gasteiger partial charge on any atom is 0.244 e. The van der Waals surface area contributed by atoms with Gasteiger partial charge in [0.25, 0.3) is 0 Å². The lowest BCUT2D eigenvalue weighted by molar-refractivity contribution is -0.119. The quantitative estimate of drug-likeness (QED) is 0.407. The van der Waals surface area contributed by atoms with Crippen LogP contribution in [0.15, 0.2) is 59.7 Å². The van der Waals surface area contributed by atoms with Crippen LogP contribution in [0.4, 0.5) is 5.69 Å². The van der Waals surface area contributed by atoms with Crippen LogP contribution in [0.25, 0.3) is 10.4 Å². The van der Waals surface area contributed by atoms with E-state index in [1.165, 1.54) is 0 Å². The molecular weight excluding hydrogens is 280 g/mol. The SMILES string of the molecule is [N-]=[N+]=N[C@]1(Cc2ccccc2)C(=O)Nc2ccccc2C1=O. The molecule has 6 nitrogen and oxygen atoms in total. The molecule has 0 aliphatic carbocycles. The monoisotopic (exact) mass is 292 g/mol. The first-order valence-corrected chi connectivity index (χ1v) is 6.73. The predicted octanol–water partition coefficient (Wildman–Crippen LogP) is 3.11. The van der Waals surface area contributed by atoms with Gasteiger partial charge in [0.1, 0.15) is 0 Å². The van der Waals surface area contributed by atoms with E-state index in [9.17, 15) is 9.59 Å². The molecule has 1 heterocycles. The highest BCUT2D eigenvalue weighted by atomic mass is 16.2. The average molecular weight is 292 g/mol. The summed E-state index contributed by atoms with van der Waals surface area (Å²) < 4.78 is 0. The average Bonchev–Trinajstić information content (AvgIpc) is 2.54. The van der Waals surface area contributed by atoms with Gasteiger partial charge in [0.2, 0.25) is 5.91 Å². The Morgan fingerprint density at radius 2 is 1.73 bits per heavy atom. The Morgan fingerprint density at radius 1 is 1.05 bits per heavy atom. The van der Waals surface area contributed by atoms with Crippen LogP contribution in [0.5, 0.6) is 0 Å². The number of carbonyl (C=O) groups excluding carboxylic acids is 2. The van der Waals surface area contributed by atoms with Gasteiger partial charge in [-0.25, -0.2) is 0 Å². The van der Waals surface area contributed by atoms with Crippen LogP contribution in [0, 0.1) is 0 Å². The minimum absolute atomic E-state index is 0.0247. The molecular formula is C16H12N4O2. The number of fused-ring (bicyclic) bond motifs is 1. The van der Waals surface area contributed by atoms with Gasteiger partial charge in [-0.3, -0.25) is 9.59 Å². The van der Waals surface area contributed by atoms with Crippen LogP contribution in [0.1, 0.15) is 15.9 Å². The first kappa shape index (κ1) is 13.9. The Bertz CT molecular complexity index is 797. The van der Waals surface area contributed by atoms with Gasteiger partial charge in [0.15, 0.2) is 11.3 Å². The second kappa shape index (κ2) is 5.35. The van der Waals surface area contributed by atoms with E-state index in [4.69, 9.17) is 5.53 Å². The topological polar surface area (TPSA) is 94.9 Å². The fourth-order valence-corrected chi connectivity index (χ4v) is 2.60. The zero-order valence-corrected chi connectivity index (χ0v) is 11.6. The Hall–Kier alpha value is -3.11. The first-order chi connectivity index (χ1) is 10.7. The van der Waals surface area contributed by atoms with E-state index < -0.39 is 17.2 Å². The van der Waals surface area contributed by atoms with E-state index in [1.54, 1.807) is 48.5 Å². The van der Waals surface area contributed by atoms with E-state index in [1.807, 2.05) is 6.07 Å². The molecule has 1 aliphatic rings. The van der Waals surface area contributed by atoms with Gasteiger partial charge in [-0.15, -0.1) is 0 Å². The van der Waals surface area contributed by atoms with Crippen molar-refractivity contribution in [3.63, 3.8) is 0 Å². The molecule has 2 aromatic carbocycles. The second-order valence-electron chi connectivity index (χ2n) is 5.04. The summed E-state index contributed by atoms with van der Waals surface area (Å²) in [6.45, 7) is 0. The maximum absolute atomic E-state index is 12.8. The number of nitrogens with zero attached hydrogens (tertiary/aromatic N) is 3. The summed E-state index contributed by atoms with van der Waals surface area (Å²) in [5.41, 5.74) is 8.62. The minimum atomic E-state index is -1.79. The van der Waals surface area contributed by atoms with Crippen molar-refractivity contribution in [2.75, 3.05) is 5.32 Å². The third-order valence-corrected chi connectivity index (χ3v) is 3.69. The van der Waals surface area contributed by atoms with Crippen LogP contribution in [-0.2, 0) is 11.2 Å². The number of hydrogen-bond acceptors (Lipinski definition) is 3. The number of benzene rings is 2. The number of ketones is 1. The Morgan fingerprint density at radius 3 is 2.45 bits per heavy atom. The van der Waals surface area contributed by atoms with Crippen molar-refractivity contribution in [3.05, 3.63) is 76.2 Å². The van der Waals surface area contributed by atoms with E-state index in [0.29, 0.717) is 11.3 Å². The molecule has 0 radical (unpaired) electrons. The third-order valence-electron chi connectivity index (χ3n) is 3.69. The van der Waals surface area contributed by atoms with E-state index in [-0.39, 0.29) is 6.42 Å². The van der Waals surface area contributed by atoms with E-state index in [2.05, 4.69) is 15.3 Å². The van der Waals surface area contributed by atoms with Crippen molar-refractivity contribution < 1.29 is 9.59 Å². The molecule has 1 atom stereocenters. The summed E-state index contributed by atoms with van der Waals surface area (Å²) in [5.74, 6) is -1.08. The molecule has 22 heavy (non-hydrogen) atoms. The molecule has 1 amide bonds. The fraction of sp³-hybridized carbons (Fsp3) is 0.125. The van der Waals surface area contributed by atoms with Crippen molar-refractivity contribution in [1.29, 1.82) is 0 Å². The zero-order chi connectivity index (χ0) is 15.6. The summed E-state index contributed by atoms with van der Waals surface area (Å²) >= 11 is 0. The normalized spacial score (nSPS) is 19.8. The molecule has 1 aliphatic heterocycles. The number of anilines is 1. The van der Waals surface area contributed by atoms with Gasteiger partial charge in [0, 0.05) is 16.9 Å². The van der Waals surface area contributed by atoms with Gasteiger partial charge < -0.3 is 5.32 Å². The van der Waals surface area contributed by atoms with Crippen LogP contribution in [0.3, 0.4) is 0 Å². The summed E-state index contributed by atoms with van der Waals surface area (Å²) in [6.07, 6.45) is 0.0247. The molecule has 3 rings (SSSR count). The molecule has 0 bridgehead atoms. The number of carbonyl (C=O) groups is 2. The molecule has 0 unspecified atom stereocenters. The van der Waals surface area contributed by atoms with Gasteiger partial charge in [-0.1, -0.05) is 47.6 Å². The van der Waals surface area contributed by atoms with Crippen molar-refractivity contribution in [2.24, 2.45) is 5.11 Å². The molecule has 1 N–H and O–H groups in total. The summed E-state index contributed by atoms with van der Waals surface area (Å²) in [4.78, 5) is 28.0. The van der Waals surface area contributed by atoms with Crippen LogP contribution < -0.4 is 5.32 Å². The standard InChI is InChI=1S/C16H12N4O2/c17-20-19-16(10-11-6-2-1-3-7-11)14(21)12-8-4-5-9-13(12)18-15(16)22/h1-9H,10H2,(H,18,22)/t16-/m0/s1. The second-order valence-corrected chi connectivity index (χ2v) is 5.04. The number of para-hydroxylation sites is 1. The Kier molecular flexibility index (Phi) is 3.37. The molecule has 0 spiro atoms. The molecule has 0 saturated carbocycles. The number of nitrogens with one attached hydrogen (secondary N) is 1. The smallest absolute Gasteiger partial charge is 0.244 e. The summed E-state index contributed by atoms with van der Waals surface area (Å²) in [6, 6.07) is 15.7. The lowest BCUT2D eigenvalue weighted by atomic mass is 9.80. The number of azide groups is 1. The van der Waals surface area contributed by atoms with E-state index in [0.717, 1.165) is 5.56 Å². The molecule has 2 aromatic rings. The summed E-state index contributed by atoms with van der Waals surface area (Å²) in [7, 11) is 0. The Labute approximate surface area is 126 Å². The zero-order valence-electron chi connectivity index (χ0n) is 11.6. The van der Waals surface area contributed by atoms with E-state index >= 15 is 0 Å². The number of rotatable bonds is 3. The number of amides is 1. The largest absolute Gasteiger partial charge is 0.324 e. The predicted molar refractivity (Wildman–Crippen MR) is 81.4 cm³/mol. The highest BCUT2D eigenvalue weighted by Crippen LogP contribution is 2.33. The minimum Gasteiger partial charge on any atom is -0.324 e. The van der Waals surface area contributed by atoms with Crippen molar-refractivity contribution in [2.45, 2.75) is 12.0 Å². The van der Waals surface area contributed by atoms with Crippen LogP contribution in [-0.4, -0.2) is 17.2 Å². The molecule has 0 saturated heterocycles. The highest BCUT2D eigenvalue weighted by Gasteiger charge is 2.49. The van der Waals surface area contributed by atoms with Crippen LogP contribution in [0.2, 0.25) is 0 Å². The number of hydrogen-bond donors (Lipinski definition) is 1. The van der Waals surface area contributed by atoms with Crippen molar-refractivity contribution in [1.82, 2.24) is 0 Å². The molecule has 108 valence electrons. The molecule has 6 heteroatoms. The lowest BCUT2D eigenvalue weighted by Gasteiger charge is -2.31. The molecule has 0 fully saturated rings.